The highest BCUT2D eigenvalue weighted by Gasteiger charge is 2.34. The number of fused-ring (bicyclic) bond motifs is 1. The number of aromatic nitrogens is 3. The molecule has 2 amide bonds. The van der Waals surface area contributed by atoms with Gasteiger partial charge < -0.3 is 14.9 Å². The summed E-state index contributed by atoms with van der Waals surface area (Å²) >= 11 is 2.08. The molecule has 2 N–H and O–H groups in total. The Morgan fingerprint density at radius 3 is 2.74 bits per heavy atom. The van der Waals surface area contributed by atoms with Crippen molar-refractivity contribution in [2.45, 2.75) is 35.8 Å². The second kappa shape index (κ2) is 9.55. The number of halogens is 3. The first kappa shape index (κ1) is 23.7. The molecule has 2 aromatic heterocycles. The van der Waals surface area contributed by atoms with Crippen LogP contribution in [0.2, 0.25) is 0 Å². The predicted molar refractivity (Wildman–Crippen MR) is 133 cm³/mol. The minimum absolute atomic E-state index is 0.253. The van der Waals surface area contributed by atoms with Gasteiger partial charge in [-0.2, -0.15) is 4.52 Å². The Morgan fingerprint density at radius 2 is 1.97 bits per heavy atom. The van der Waals surface area contributed by atoms with Crippen LogP contribution in [0.25, 0.3) is 5.65 Å². The number of alkyl halides is 1. The van der Waals surface area contributed by atoms with E-state index in [1.807, 2.05) is 4.90 Å². The third-order valence-electron chi connectivity index (χ3n) is 6.59. The largest absolute Gasteiger partial charge is 0.481 e. The molecule has 2 fully saturated rings. The van der Waals surface area contributed by atoms with Gasteiger partial charge in [-0.15, -0.1) is 5.10 Å². The van der Waals surface area contributed by atoms with Crippen LogP contribution >= 0.6 is 22.6 Å². The number of hydrogen-bond acceptors (Lipinski definition) is 5. The molecule has 12 heteroatoms. The van der Waals surface area contributed by atoms with Crippen molar-refractivity contribution in [1.82, 2.24) is 19.5 Å². The Kier molecular flexibility index (Phi) is 6.47. The minimum Gasteiger partial charge on any atom is -0.481 e. The first-order valence-corrected chi connectivity index (χ1v) is 12.6. The third-order valence-corrected chi connectivity index (χ3v) is 7.77. The third kappa shape index (κ3) is 4.62. The van der Waals surface area contributed by atoms with E-state index in [1.54, 1.807) is 17.0 Å². The first-order valence-electron chi connectivity index (χ1n) is 11.3. The molecule has 2 saturated heterocycles. The molecular formula is C23H23F2IN6O3. The van der Waals surface area contributed by atoms with Gasteiger partial charge in [0.15, 0.2) is 11.5 Å². The second-order valence-electron chi connectivity index (χ2n) is 8.74. The fourth-order valence-electron chi connectivity index (χ4n) is 4.79. The summed E-state index contributed by atoms with van der Waals surface area (Å²) < 4.78 is 29.6. The Labute approximate surface area is 213 Å². The smallest absolute Gasteiger partial charge is 0.323 e. The SMILES string of the molecule is O=C(O)C1CCN(C(=O)Nc2cnc3ccc(N4CCCC4c4cc(F)ccc4F)nn23)C(I)C1. The zero-order valence-corrected chi connectivity index (χ0v) is 20.7. The molecule has 2 aliphatic heterocycles. The second-order valence-corrected chi connectivity index (χ2v) is 10.2. The van der Waals surface area contributed by atoms with Gasteiger partial charge in [-0.05, 0) is 56.0 Å². The minimum atomic E-state index is -0.844. The number of urea groups is 1. The molecule has 0 aliphatic carbocycles. The van der Waals surface area contributed by atoms with Gasteiger partial charge >= 0.3 is 12.0 Å². The van der Waals surface area contributed by atoms with Gasteiger partial charge in [-0.25, -0.2) is 18.6 Å². The van der Waals surface area contributed by atoms with Crippen LogP contribution in [-0.2, 0) is 4.79 Å². The van der Waals surface area contributed by atoms with Crippen molar-refractivity contribution in [2.24, 2.45) is 5.92 Å². The van der Waals surface area contributed by atoms with E-state index in [0.717, 1.165) is 18.6 Å². The van der Waals surface area contributed by atoms with Gasteiger partial charge in [0.1, 0.15) is 17.5 Å². The van der Waals surface area contributed by atoms with Crippen LogP contribution in [0.5, 0.6) is 0 Å². The maximum absolute atomic E-state index is 14.5. The van der Waals surface area contributed by atoms with E-state index < -0.39 is 23.5 Å². The van der Waals surface area contributed by atoms with Crippen molar-refractivity contribution in [3.8, 4) is 0 Å². The van der Waals surface area contributed by atoms with Crippen molar-refractivity contribution >= 4 is 51.9 Å². The Balaban J connectivity index is 1.38. The number of carboxylic acids is 1. The van der Waals surface area contributed by atoms with Gasteiger partial charge in [0.25, 0.3) is 0 Å². The number of amides is 2. The van der Waals surface area contributed by atoms with Crippen LogP contribution < -0.4 is 10.2 Å². The summed E-state index contributed by atoms with van der Waals surface area (Å²) in [7, 11) is 0. The standard InChI is InChI=1S/C23H23F2IN6O3/c24-14-3-4-16(25)15(11-14)17-2-1-8-30(17)20-6-5-19-27-12-21(32(19)29-20)28-23(35)31-9-7-13(22(33)34)10-18(31)26/h3-6,11-13,17-18H,1-2,7-10H2,(H,28,35)(H,33,34). The summed E-state index contributed by atoms with van der Waals surface area (Å²) in [5, 5.41) is 16.7. The monoisotopic (exact) mass is 596 g/mol. The van der Waals surface area contributed by atoms with Crippen molar-refractivity contribution in [3.05, 3.63) is 53.7 Å². The van der Waals surface area contributed by atoms with Crippen LogP contribution in [0.4, 0.5) is 25.2 Å². The molecular weight excluding hydrogens is 573 g/mol. The number of rotatable bonds is 4. The fraction of sp³-hybridized carbons (Fsp3) is 0.391. The number of nitrogens with zero attached hydrogens (tertiary/aromatic N) is 5. The summed E-state index contributed by atoms with van der Waals surface area (Å²) in [6.07, 6.45) is 3.74. The lowest BCUT2D eigenvalue weighted by Crippen LogP contribution is -2.46. The van der Waals surface area contributed by atoms with Crippen LogP contribution in [0.1, 0.15) is 37.3 Å². The van der Waals surface area contributed by atoms with E-state index in [0.29, 0.717) is 55.2 Å². The van der Waals surface area contributed by atoms with E-state index in [4.69, 9.17) is 0 Å². The highest BCUT2D eigenvalue weighted by atomic mass is 127. The lowest BCUT2D eigenvalue weighted by atomic mass is 9.97. The van der Waals surface area contributed by atoms with E-state index in [9.17, 15) is 23.5 Å². The number of carbonyl (C=O) groups is 2. The molecule has 2 aliphatic rings. The Morgan fingerprint density at radius 1 is 1.14 bits per heavy atom. The van der Waals surface area contributed by atoms with Crippen LogP contribution in [-0.4, -0.2) is 53.7 Å². The molecule has 1 aromatic carbocycles. The molecule has 4 heterocycles. The van der Waals surface area contributed by atoms with E-state index in [2.05, 4.69) is 38.0 Å². The summed E-state index contributed by atoms with van der Waals surface area (Å²) in [6, 6.07) is 6.30. The van der Waals surface area contributed by atoms with Crippen LogP contribution in [0, 0.1) is 17.6 Å². The molecule has 35 heavy (non-hydrogen) atoms. The average molecular weight is 596 g/mol. The molecule has 5 rings (SSSR count). The Hall–Kier alpha value is -3.03. The number of imidazole rings is 1. The summed E-state index contributed by atoms with van der Waals surface area (Å²) in [4.78, 5) is 32.1. The lowest BCUT2D eigenvalue weighted by molar-refractivity contribution is -0.143. The predicted octanol–water partition coefficient (Wildman–Crippen LogP) is 4.44. The summed E-state index contributed by atoms with van der Waals surface area (Å²) in [6.45, 7) is 0.963. The van der Waals surface area contributed by atoms with Gasteiger partial charge in [-0.3, -0.25) is 10.1 Å². The van der Waals surface area contributed by atoms with Crippen molar-refractivity contribution in [2.75, 3.05) is 23.3 Å². The van der Waals surface area contributed by atoms with Crippen molar-refractivity contribution in [1.29, 1.82) is 0 Å². The van der Waals surface area contributed by atoms with Gasteiger partial charge in [0.05, 0.1) is 22.2 Å². The van der Waals surface area contributed by atoms with Gasteiger partial charge in [0.2, 0.25) is 0 Å². The number of benzene rings is 1. The number of likely N-dealkylation sites (tertiary alicyclic amines) is 1. The van der Waals surface area contributed by atoms with Crippen LogP contribution in [0.15, 0.2) is 36.5 Å². The number of carboxylic acid groups (broad SMARTS) is 1. The number of aliphatic carboxylic acids is 1. The zero-order chi connectivity index (χ0) is 24.7. The zero-order valence-electron chi connectivity index (χ0n) is 18.6. The van der Waals surface area contributed by atoms with Crippen LogP contribution in [0.3, 0.4) is 0 Å². The quantitative estimate of drug-likeness (QED) is 0.263. The molecule has 184 valence electrons. The Bertz CT molecular complexity index is 1290. The highest BCUT2D eigenvalue weighted by molar-refractivity contribution is 14.1. The molecule has 3 aromatic rings. The fourth-order valence-corrected chi connectivity index (χ4v) is 5.93. The maximum Gasteiger partial charge on any atom is 0.323 e. The summed E-state index contributed by atoms with van der Waals surface area (Å²) in [5.41, 5.74) is 0.814. The summed E-state index contributed by atoms with van der Waals surface area (Å²) in [5.74, 6) is -1.33. The first-order chi connectivity index (χ1) is 16.8. The van der Waals surface area contributed by atoms with E-state index >= 15 is 0 Å². The van der Waals surface area contributed by atoms with E-state index in [-0.39, 0.29) is 16.1 Å². The maximum atomic E-state index is 14.5. The highest BCUT2D eigenvalue weighted by Crippen LogP contribution is 2.37. The average Bonchev–Trinajstić information content (AvgIpc) is 3.47. The number of anilines is 2. The molecule has 0 saturated carbocycles. The molecule has 0 bridgehead atoms. The molecule has 0 spiro atoms. The number of carbonyl (C=O) groups excluding carboxylic acids is 1. The molecule has 0 radical (unpaired) electrons. The number of hydrogen-bond donors (Lipinski definition) is 2. The normalized spacial score (nSPS) is 22.5. The lowest BCUT2D eigenvalue weighted by Gasteiger charge is -2.34. The van der Waals surface area contributed by atoms with Crippen molar-refractivity contribution in [3.63, 3.8) is 0 Å². The topological polar surface area (TPSA) is 103 Å². The molecule has 3 atom stereocenters. The van der Waals surface area contributed by atoms with E-state index in [1.165, 1.54) is 16.8 Å². The number of piperidine rings is 1. The van der Waals surface area contributed by atoms with Gasteiger partial charge in [0, 0.05) is 18.7 Å². The number of nitrogens with one attached hydrogen (secondary N) is 1. The van der Waals surface area contributed by atoms with Gasteiger partial charge in [-0.1, -0.05) is 22.6 Å². The van der Waals surface area contributed by atoms with Crippen molar-refractivity contribution < 1.29 is 23.5 Å². The molecule has 3 unspecified atom stereocenters. The molecule has 9 nitrogen and oxygen atoms in total.